The largest absolute Gasteiger partial charge is 0.341 e. The molecule has 0 saturated heterocycles. The molecule has 114 valence electrons. The van der Waals surface area contributed by atoms with Gasteiger partial charge in [0.05, 0.1) is 17.8 Å². The second kappa shape index (κ2) is 6.23. The maximum Gasteiger partial charge on any atom is 0.254 e. The predicted octanol–water partition coefficient (Wildman–Crippen LogP) is 2.42. The Bertz CT molecular complexity index is 632. The van der Waals surface area contributed by atoms with Crippen molar-refractivity contribution in [2.24, 2.45) is 17.8 Å². The van der Waals surface area contributed by atoms with Crippen molar-refractivity contribution in [3.05, 3.63) is 29.8 Å². The predicted molar refractivity (Wildman–Crippen MR) is 85.2 cm³/mol. The lowest BCUT2D eigenvalue weighted by Gasteiger charge is -2.21. The molecule has 4 nitrogen and oxygen atoms in total. The molecule has 0 heterocycles. The summed E-state index contributed by atoms with van der Waals surface area (Å²) in [5.41, 5.74) is 1.01. The van der Waals surface area contributed by atoms with Gasteiger partial charge in [-0.15, -0.1) is 6.42 Å². The van der Waals surface area contributed by atoms with Crippen LogP contribution >= 0.6 is 0 Å². The van der Waals surface area contributed by atoms with Crippen molar-refractivity contribution >= 4 is 17.5 Å². The van der Waals surface area contributed by atoms with E-state index in [2.05, 4.69) is 16.6 Å². The van der Waals surface area contributed by atoms with Crippen LogP contribution in [0.15, 0.2) is 24.3 Å². The summed E-state index contributed by atoms with van der Waals surface area (Å²) in [5, 5.41) is 5.58. The quantitative estimate of drug-likeness (QED) is 0.838. The fraction of sp³-hybridized carbons (Fsp3) is 0.444. The van der Waals surface area contributed by atoms with Crippen LogP contribution in [0.4, 0.5) is 5.69 Å². The number of terminal acetylenes is 1. The second-order valence-corrected chi connectivity index (χ2v) is 6.20. The number of hydrogen-bond donors (Lipinski definition) is 2. The summed E-state index contributed by atoms with van der Waals surface area (Å²) < 4.78 is 0. The second-order valence-electron chi connectivity index (χ2n) is 6.20. The highest BCUT2D eigenvalue weighted by Gasteiger charge is 2.43. The van der Waals surface area contributed by atoms with Crippen LogP contribution in [0, 0.1) is 30.1 Å². The highest BCUT2D eigenvalue weighted by molar-refractivity contribution is 6.04. The molecule has 2 amide bonds. The van der Waals surface area contributed by atoms with Crippen LogP contribution in [-0.4, -0.2) is 18.4 Å². The molecular formula is C18H20N2O2. The molecule has 2 saturated carbocycles. The first-order valence-electron chi connectivity index (χ1n) is 7.80. The van der Waals surface area contributed by atoms with Gasteiger partial charge < -0.3 is 10.6 Å². The van der Waals surface area contributed by atoms with Crippen molar-refractivity contribution in [1.82, 2.24) is 5.32 Å². The maximum absolute atomic E-state index is 12.5. The lowest BCUT2D eigenvalue weighted by atomic mass is 9.88. The summed E-state index contributed by atoms with van der Waals surface area (Å²) in [5.74, 6) is 3.49. The molecule has 0 aliphatic heterocycles. The smallest absolute Gasteiger partial charge is 0.254 e. The van der Waals surface area contributed by atoms with E-state index in [1.165, 1.54) is 12.8 Å². The number of para-hydroxylation sites is 1. The molecule has 3 atom stereocenters. The maximum atomic E-state index is 12.5. The zero-order valence-electron chi connectivity index (χ0n) is 12.5. The number of hydrogen-bond acceptors (Lipinski definition) is 2. The highest BCUT2D eigenvalue weighted by Crippen LogP contribution is 2.48. The molecule has 2 bridgehead atoms. The third kappa shape index (κ3) is 2.85. The van der Waals surface area contributed by atoms with E-state index in [4.69, 9.17) is 6.42 Å². The van der Waals surface area contributed by atoms with Gasteiger partial charge in [0.15, 0.2) is 0 Å². The minimum atomic E-state index is -0.262. The molecule has 1 aromatic carbocycles. The highest BCUT2D eigenvalue weighted by atomic mass is 16.2. The molecule has 22 heavy (non-hydrogen) atoms. The zero-order chi connectivity index (χ0) is 15.5. The van der Waals surface area contributed by atoms with Crippen LogP contribution in [0.3, 0.4) is 0 Å². The number of fused-ring (bicyclic) bond motifs is 2. The molecule has 2 aliphatic rings. The molecule has 0 aromatic heterocycles. The Morgan fingerprint density at radius 3 is 2.73 bits per heavy atom. The molecule has 3 unspecified atom stereocenters. The monoisotopic (exact) mass is 296 g/mol. The van der Waals surface area contributed by atoms with Gasteiger partial charge in [0.1, 0.15) is 0 Å². The number of benzene rings is 1. The Morgan fingerprint density at radius 2 is 2.05 bits per heavy atom. The first-order valence-corrected chi connectivity index (χ1v) is 7.80. The number of anilines is 1. The van der Waals surface area contributed by atoms with Gasteiger partial charge in [-0.25, -0.2) is 0 Å². The van der Waals surface area contributed by atoms with E-state index in [-0.39, 0.29) is 24.3 Å². The molecule has 3 rings (SSSR count). The third-order valence-corrected chi connectivity index (χ3v) is 4.86. The summed E-state index contributed by atoms with van der Waals surface area (Å²) in [7, 11) is 0. The van der Waals surface area contributed by atoms with Crippen molar-refractivity contribution < 1.29 is 9.59 Å². The Morgan fingerprint density at radius 1 is 1.23 bits per heavy atom. The van der Waals surface area contributed by atoms with E-state index in [0.29, 0.717) is 17.2 Å². The fourth-order valence-electron chi connectivity index (χ4n) is 3.81. The SMILES string of the molecule is C#CCNC(=O)c1ccccc1NC(=O)C1CC2CCC1C2. The van der Waals surface area contributed by atoms with E-state index < -0.39 is 0 Å². The lowest BCUT2D eigenvalue weighted by molar-refractivity contribution is -0.121. The molecule has 2 aliphatic carbocycles. The van der Waals surface area contributed by atoms with E-state index in [1.54, 1.807) is 18.2 Å². The minimum Gasteiger partial charge on any atom is -0.341 e. The van der Waals surface area contributed by atoms with Gasteiger partial charge in [-0.2, -0.15) is 0 Å². The van der Waals surface area contributed by atoms with Crippen LogP contribution in [0.1, 0.15) is 36.0 Å². The summed E-state index contributed by atoms with van der Waals surface area (Å²) in [6.45, 7) is 0.174. The minimum absolute atomic E-state index is 0.0457. The number of amides is 2. The molecule has 1 aromatic rings. The van der Waals surface area contributed by atoms with Crippen molar-refractivity contribution in [2.75, 3.05) is 11.9 Å². The molecule has 0 radical (unpaired) electrons. The van der Waals surface area contributed by atoms with E-state index in [1.807, 2.05) is 6.07 Å². The average Bonchev–Trinajstić information content (AvgIpc) is 3.16. The van der Waals surface area contributed by atoms with Gasteiger partial charge in [-0.3, -0.25) is 9.59 Å². The van der Waals surface area contributed by atoms with Crippen LogP contribution in [-0.2, 0) is 4.79 Å². The number of carbonyl (C=O) groups is 2. The van der Waals surface area contributed by atoms with Gasteiger partial charge in [0, 0.05) is 5.92 Å². The summed E-state index contributed by atoms with van der Waals surface area (Å²) in [6.07, 6.45) is 9.75. The normalized spacial score (nSPS) is 25.5. The average molecular weight is 296 g/mol. The van der Waals surface area contributed by atoms with Gasteiger partial charge in [0.25, 0.3) is 5.91 Å². The zero-order valence-corrected chi connectivity index (χ0v) is 12.5. The van der Waals surface area contributed by atoms with Crippen molar-refractivity contribution in [1.29, 1.82) is 0 Å². The summed E-state index contributed by atoms with van der Waals surface area (Å²) in [6, 6.07) is 7.05. The van der Waals surface area contributed by atoms with E-state index in [0.717, 1.165) is 18.8 Å². The topological polar surface area (TPSA) is 58.2 Å². The Hall–Kier alpha value is -2.28. The molecule has 4 heteroatoms. The molecule has 2 fully saturated rings. The van der Waals surface area contributed by atoms with E-state index in [9.17, 15) is 9.59 Å². The van der Waals surface area contributed by atoms with Gasteiger partial charge >= 0.3 is 0 Å². The van der Waals surface area contributed by atoms with Crippen LogP contribution < -0.4 is 10.6 Å². The Kier molecular flexibility index (Phi) is 4.15. The van der Waals surface area contributed by atoms with Crippen LogP contribution in [0.2, 0.25) is 0 Å². The fourth-order valence-corrected chi connectivity index (χ4v) is 3.81. The number of rotatable bonds is 4. The van der Waals surface area contributed by atoms with E-state index >= 15 is 0 Å². The van der Waals surface area contributed by atoms with Crippen molar-refractivity contribution in [2.45, 2.75) is 25.7 Å². The van der Waals surface area contributed by atoms with Gasteiger partial charge in [0.2, 0.25) is 5.91 Å². The molecule has 2 N–H and O–H groups in total. The first kappa shape index (κ1) is 14.6. The summed E-state index contributed by atoms with van der Waals surface area (Å²) >= 11 is 0. The lowest BCUT2D eigenvalue weighted by Crippen LogP contribution is -2.29. The van der Waals surface area contributed by atoms with Gasteiger partial charge in [-0.1, -0.05) is 24.5 Å². The number of nitrogens with one attached hydrogen (secondary N) is 2. The Labute approximate surface area is 130 Å². The first-order chi connectivity index (χ1) is 10.7. The Balaban J connectivity index is 1.71. The third-order valence-electron chi connectivity index (χ3n) is 4.86. The molecular weight excluding hydrogens is 276 g/mol. The van der Waals surface area contributed by atoms with Crippen LogP contribution in [0.25, 0.3) is 0 Å². The summed E-state index contributed by atoms with van der Waals surface area (Å²) in [4.78, 5) is 24.6. The van der Waals surface area contributed by atoms with Crippen molar-refractivity contribution in [3.8, 4) is 12.3 Å². The number of carbonyl (C=O) groups excluding carboxylic acids is 2. The van der Waals surface area contributed by atoms with Crippen molar-refractivity contribution in [3.63, 3.8) is 0 Å². The standard InChI is InChI=1S/C18H20N2O2/c1-2-9-19-17(21)14-5-3-4-6-16(14)20-18(22)15-11-12-7-8-13(15)10-12/h1,3-6,12-13,15H,7-11H2,(H,19,21)(H,20,22). The van der Waals surface area contributed by atoms with Crippen LogP contribution in [0.5, 0.6) is 0 Å². The van der Waals surface area contributed by atoms with Gasteiger partial charge in [-0.05, 0) is 43.2 Å². The molecule has 0 spiro atoms.